The monoisotopic (exact) mass is 276 g/mol. The quantitative estimate of drug-likeness (QED) is 0.892. The van der Waals surface area contributed by atoms with Crippen molar-refractivity contribution in [1.29, 1.82) is 0 Å². The molecule has 15 heavy (non-hydrogen) atoms. The van der Waals surface area contributed by atoms with Crippen molar-refractivity contribution < 1.29 is 19.4 Å². The van der Waals surface area contributed by atoms with E-state index in [1.807, 2.05) is 0 Å². The minimum Gasteiger partial charge on any atom is -0.508 e. The maximum absolute atomic E-state index is 13.1. The van der Waals surface area contributed by atoms with Gasteiger partial charge in [-0.2, -0.15) is 0 Å². The van der Waals surface area contributed by atoms with E-state index >= 15 is 0 Å². The van der Waals surface area contributed by atoms with Gasteiger partial charge in [0.05, 0.1) is 10.4 Å². The van der Waals surface area contributed by atoms with Crippen LogP contribution in [0.3, 0.4) is 0 Å². The zero-order valence-electron chi connectivity index (χ0n) is 8.00. The fourth-order valence-electron chi connectivity index (χ4n) is 1.17. The van der Waals surface area contributed by atoms with Crippen LogP contribution >= 0.6 is 15.9 Å². The van der Waals surface area contributed by atoms with E-state index in [0.29, 0.717) is 0 Å². The number of phenolic OH excluding ortho intramolecular Hbond substituents is 1. The third kappa shape index (κ3) is 2.68. The lowest BCUT2D eigenvalue weighted by atomic mass is 10.0. The van der Waals surface area contributed by atoms with Gasteiger partial charge in [0.25, 0.3) is 0 Å². The number of aromatic hydroxyl groups is 1. The van der Waals surface area contributed by atoms with Gasteiger partial charge >= 0.3 is 5.97 Å². The van der Waals surface area contributed by atoms with Gasteiger partial charge in [0.1, 0.15) is 11.6 Å². The molecule has 0 bridgehead atoms. The highest BCUT2D eigenvalue weighted by atomic mass is 79.9. The Labute approximate surface area is 94.7 Å². The van der Waals surface area contributed by atoms with Crippen LogP contribution in [0.15, 0.2) is 16.6 Å². The Morgan fingerprint density at radius 2 is 2.20 bits per heavy atom. The Hall–Kier alpha value is -1.10. The first kappa shape index (κ1) is 12.0. The molecule has 0 aliphatic heterocycles. The van der Waals surface area contributed by atoms with Gasteiger partial charge in [-0.3, -0.25) is 4.79 Å². The summed E-state index contributed by atoms with van der Waals surface area (Å²) < 4.78 is 13.2. The summed E-state index contributed by atoms with van der Waals surface area (Å²) in [4.78, 5) is 10.6. The summed E-state index contributed by atoms with van der Waals surface area (Å²) in [5.41, 5.74) is 0.282. The molecule has 0 aromatic heterocycles. The molecule has 82 valence electrons. The zero-order chi connectivity index (χ0) is 11.6. The Morgan fingerprint density at radius 3 is 2.73 bits per heavy atom. The standard InChI is InChI=1S/C10H10BrFO3/c1-5(10(14)15)4-6-8(13)3-2-7(12)9(6)11/h2-3,5,13H,4H2,1H3,(H,14,15). The molecule has 1 rings (SSSR count). The second-order valence-electron chi connectivity index (χ2n) is 3.30. The van der Waals surface area contributed by atoms with Gasteiger partial charge < -0.3 is 10.2 Å². The van der Waals surface area contributed by atoms with E-state index in [0.717, 1.165) is 6.07 Å². The maximum Gasteiger partial charge on any atom is 0.306 e. The Morgan fingerprint density at radius 1 is 1.60 bits per heavy atom. The minimum atomic E-state index is -0.981. The number of halogens is 2. The lowest BCUT2D eigenvalue weighted by Crippen LogP contribution is -2.12. The summed E-state index contributed by atoms with van der Waals surface area (Å²) in [6, 6.07) is 2.33. The van der Waals surface area contributed by atoms with Crippen LogP contribution in [0, 0.1) is 11.7 Å². The third-order valence-corrected chi connectivity index (χ3v) is 2.96. The SMILES string of the molecule is CC(Cc1c(O)ccc(F)c1Br)C(=O)O. The summed E-state index contributed by atoms with van der Waals surface area (Å²) in [5, 5.41) is 18.2. The number of phenols is 1. The average Bonchev–Trinajstić information content (AvgIpc) is 2.18. The molecule has 1 unspecified atom stereocenters. The molecule has 1 aromatic carbocycles. The van der Waals surface area contributed by atoms with Crippen molar-refractivity contribution in [2.45, 2.75) is 13.3 Å². The molecule has 0 saturated heterocycles. The van der Waals surface area contributed by atoms with Crippen LogP contribution < -0.4 is 0 Å². The van der Waals surface area contributed by atoms with Gasteiger partial charge in [-0.15, -0.1) is 0 Å². The highest BCUT2D eigenvalue weighted by Crippen LogP contribution is 2.30. The van der Waals surface area contributed by atoms with Crippen LogP contribution in [0.2, 0.25) is 0 Å². The summed E-state index contributed by atoms with van der Waals surface area (Å²) in [6.45, 7) is 1.50. The molecule has 0 heterocycles. The lowest BCUT2D eigenvalue weighted by Gasteiger charge is -2.10. The smallest absolute Gasteiger partial charge is 0.306 e. The molecule has 0 saturated carbocycles. The molecule has 5 heteroatoms. The summed E-state index contributed by atoms with van der Waals surface area (Å²) in [7, 11) is 0. The van der Waals surface area contributed by atoms with E-state index in [1.54, 1.807) is 0 Å². The van der Waals surface area contributed by atoms with Crippen molar-refractivity contribution in [3.05, 3.63) is 28.0 Å². The fraction of sp³-hybridized carbons (Fsp3) is 0.300. The van der Waals surface area contributed by atoms with Gasteiger partial charge in [-0.1, -0.05) is 6.92 Å². The highest BCUT2D eigenvalue weighted by molar-refractivity contribution is 9.10. The molecule has 1 atom stereocenters. The molecule has 2 N–H and O–H groups in total. The number of benzene rings is 1. The predicted molar refractivity (Wildman–Crippen MR) is 56.3 cm³/mol. The predicted octanol–water partition coefficient (Wildman–Crippen LogP) is 2.56. The summed E-state index contributed by atoms with van der Waals surface area (Å²) in [5.74, 6) is -2.27. The molecule has 0 aliphatic carbocycles. The van der Waals surface area contributed by atoms with Gasteiger partial charge in [0, 0.05) is 5.56 Å². The molecule has 0 amide bonds. The largest absolute Gasteiger partial charge is 0.508 e. The van der Waals surface area contributed by atoms with Gasteiger partial charge in [-0.25, -0.2) is 4.39 Å². The Bertz CT molecular complexity index is 392. The number of carboxylic acids is 1. The van der Waals surface area contributed by atoms with Crippen LogP contribution in [-0.4, -0.2) is 16.2 Å². The number of carboxylic acid groups (broad SMARTS) is 1. The van der Waals surface area contributed by atoms with Crippen LogP contribution in [-0.2, 0) is 11.2 Å². The molecular formula is C10H10BrFO3. The number of aliphatic carboxylic acids is 1. The third-order valence-electron chi connectivity index (χ3n) is 2.10. The Kier molecular flexibility index (Phi) is 3.68. The summed E-state index contributed by atoms with van der Waals surface area (Å²) in [6.07, 6.45) is 0.0828. The van der Waals surface area contributed by atoms with Crippen molar-refractivity contribution >= 4 is 21.9 Å². The van der Waals surface area contributed by atoms with Crippen LogP contribution in [0.4, 0.5) is 4.39 Å². The molecular weight excluding hydrogens is 267 g/mol. The van der Waals surface area contributed by atoms with Crippen molar-refractivity contribution in [2.24, 2.45) is 5.92 Å². The molecule has 0 spiro atoms. The van der Waals surface area contributed by atoms with E-state index in [1.165, 1.54) is 13.0 Å². The van der Waals surface area contributed by atoms with Crippen molar-refractivity contribution in [1.82, 2.24) is 0 Å². The maximum atomic E-state index is 13.1. The van der Waals surface area contributed by atoms with E-state index < -0.39 is 17.7 Å². The highest BCUT2D eigenvalue weighted by Gasteiger charge is 2.18. The molecule has 1 aromatic rings. The normalized spacial score (nSPS) is 12.5. The molecule has 3 nitrogen and oxygen atoms in total. The van der Waals surface area contributed by atoms with Crippen LogP contribution in [0.1, 0.15) is 12.5 Å². The molecule has 0 radical (unpaired) electrons. The van der Waals surface area contributed by atoms with E-state index in [9.17, 15) is 14.3 Å². The van der Waals surface area contributed by atoms with E-state index in [4.69, 9.17) is 5.11 Å². The molecule has 0 fully saturated rings. The second-order valence-corrected chi connectivity index (χ2v) is 4.10. The first-order valence-corrected chi connectivity index (χ1v) is 5.11. The fourth-order valence-corrected chi connectivity index (χ4v) is 1.67. The minimum absolute atomic E-state index is 0.0828. The van der Waals surface area contributed by atoms with Crippen molar-refractivity contribution in [2.75, 3.05) is 0 Å². The first-order chi connectivity index (χ1) is 6.93. The Balaban J connectivity index is 3.03. The van der Waals surface area contributed by atoms with E-state index in [2.05, 4.69) is 15.9 Å². The topological polar surface area (TPSA) is 57.5 Å². The average molecular weight is 277 g/mol. The second kappa shape index (κ2) is 4.61. The van der Waals surface area contributed by atoms with E-state index in [-0.39, 0.29) is 22.2 Å². The first-order valence-electron chi connectivity index (χ1n) is 4.32. The zero-order valence-corrected chi connectivity index (χ0v) is 9.58. The van der Waals surface area contributed by atoms with Crippen LogP contribution in [0.5, 0.6) is 5.75 Å². The number of hydrogen-bond donors (Lipinski definition) is 2. The van der Waals surface area contributed by atoms with Gasteiger partial charge in [0.2, 0.25) is 0 Å². The number of carbonyl (C=O) groups is 1. The van der Waals surface area contributed by atoms with Gasteiger partial charge in [0.15, 0.2) is 0 Å². The van der Waals surface area contributed by atoms with Crippen molar-refractivity contribution in [3.63, 3.8) is 0 Å². The molecule has 0 aliphatic rings. The van der Waals surface area contributed by atoms with Gasteiger partial charge in [-0.05, 0) is 34.5 Å². The summed E-state index contributed by atoms with van der Waals surface area (Å²) >= 11 is 2.98. The van der Waals surface area contributed by atoms with Crippen LogP contribution in [0.25, 0.3) is 0 Å². The number of hydrogen-bond acceptors (Lipinski definition) is 2. The van der Waals surface area contributed by atoms with Crippen molar-refractivity contribution in [3.8, 4) is 5.75 Å². The number of rotatable bonds is 3. The lowest BCUT2D eigenvalue weighted by molar-refractivity contribution is -0.141.